The van der Waals surface area contributed by atoms with Crippen LogP contribution in [0.3, 0.4) is 0 Å². The molecule has 3 heterocycles. The second kappa shape index (κ2) is 9.18. The normalized spacial score (nSPS) is 21.8. The van der Waals surface area contributed by atoms with Crippen LogP contribution >= 0.6 is 12.4 Å². The van der Waals surface area contributed by atoms with Crippen molar-refractivity contribution >= 4 is 41.0 Å². The molecule has 11 heteroatoms. The summed E-state index contributed by atoms with van der Waals surface area (Å²) in [6, 6.07) is 13.8. The largest absolute Gasteiger partial charge is 0.441 e. The van der Waals surface area contributed by atoms with Crippen LogP contribution in [0.1, 0.15) is 25.7 Å². The third-order valence-corrected chi connectivity index (χ3v) is 6.80. The Kier molecular flexibility index (Phi) is 6.06. The molecule has 35 heavy (non-hydrogen) atoms. The molecule has 2 aromatic carbocycles. The van der Waals surface area contributed by atoms with E-state index in [1.807, 2.05) is 12.1 Å². The first-order chi connectivity index (χ1) is 16.6. The molecule has 1 aliphatic heterocycles. The zero-order chi connectivity index (χ0) is 23.1. The predicted molar refractivity (Wildman–Crippen MR) is 130 cm³/mol. The fourth-order valence-corrected chi connectivity index (χ4v) is 4.87. The molecule has 1 amide bonds. The number of nitrogens with one attached hydrogen (secondary N) is 1. The molecular formula is C24H24ClFN6O3. The summed E-state index contributed by atoms with van der Waals surface area (Å²) in [5, 5.41) is 15.5. The molecule has 0 atom stereocenters. The molecule has 1 aliphatic carbocycles. The number of rotatable bonds is 5. The van der Waals surface area contributed by atoms with Crippen LogP contribution in [-0.2, 0) is 4.74 Å². The zero-order valence-corrected chi connectivity index (χ0v) is 19.6. The van der Waals surface area contributed by atoms with Gasteiger partial charge < -0.3 is 10.1 Å². The van der Waals surface area contributed by atoms with Gasteiger partial charge in [0.25, 0.3) is 0 Å². The van der Waals surface area contributed by atoms with Gasteiger partial charge in [-0.3, -0.25) is 4.90 Å². The van der Waals surface area contributed by atoms with Gasteiger partial charge in [0.2, 0.25) is 0 Å². The van der Waals surface area contributed by atoms with E-state index < -0.39 is 5.60 Å². The van der Waals surface area contributed by atoms with Crippen molar-refractivity contribution in [3.63, 3.8) is 0 Å². The van der Waals surface area contributed by atoms with Crippen LogP contribution in [0.2, 0.25) is 0 Å². The number of aromatic nitrogens is 4. The SMILES string of the molecule is Cl.O=C1O[C@]2(CC[C@H](CNc3ccn(-c4ccccc4F)n3)CC2)CN1c1ccc2nonc2c1. The number of ether oxygens (including phenoxy) is 1. The smallest absolute Gasteiger partial charge is 0.415 e. The number of para-hydroxylation sites is 1. The van der Waals surface area contributed by atoms with Crippen LogP contribution in [0.4, 0.5) is 20.7 Å². The van der Waals surface area contributed by atoms with Gasteiger partial charge in [0.1, 0.15) is 34.0 Å². The zero-order valence-electron chi connectivity index (χ0n) is 18.8. The Balaban J connectivity index is 0.00000253. The second-order valence-electron chi connectivity index (χ2n) is 9.00. The van der Waals surface area contributed by atoms with Gasteiger partial charge in [-0.15, -0.1) is 12.4 Å². The third kappa shape index (κ3) is 4.41. The van der Waals surface area contributed by atoms with Crippen LogP contribution in [0.5, 0.6) is 0 Å². The predicted octanol–water partition coefficient (Wildman–Crippen LogP) is 4.97. The maximum absolute atomic E-state index is 14.0. The van der Waals surface area contributed by atoms with E-state index >= 15 is 0 Å². The highest BCUT2D eigenvalue weighted by molar-refractivity contribution is 5.92. The molecule has 182 valence electrons. The molecule has 0 unspecified atom stereocenters. The summed E-state index contributed by atoms with van der Waals surface area (Å²) < 4.78 is 26.2. The van der Waals surface area contributed by atoms with E-state index in [9.17, 15) is 9.18 Å². The Hall–Kier alpha value is -3.66. The topological polar surface area (TPSA) is 98.3 Å². The first kappa shape index (κ1) is 23.1. The first-order valence-electron chi connectivity index (χ1n) is 11.4. The number of anilines is 2. The Morgan fingerprint density at radius 1 is 1.09 bits per heavy atom. The summed E-state index contributed by atoms with van der Waals surface area (Å²) in [4.78, 5) is 14.3. The molecule has 1 N–H and O–H groups in total. The van der Waals surface area contributed by atoms with Gasteiger partial charge in [-0.1, -0.05) is 12.1 Å². The van der Waals surface area contributed by atoms with Crippen molar-refractivity contribution in [1.82, 2.24) is 20.1 Å². The Morgan fingerprint density at radius 2 is 1.89 bits per heavy atom. The maximum Gasteiger partial charge on any atom is 0.415 e. The van der Waals surface area contributed by atoms with Crippen LogP contribution in [0.15, 0.2) is 59.4 Å². The van der Waals surface area contributed by atoms with Gasteiger partial charge in [0.05, 0.1) is 6.54 Å². The number of carbonyl (C=O) groups is 1. The highest BCUT2D eigenvalue weighted by Crippen LogP contribution is 2.41. The van der Waals surface area contributed by atoms with Gasteiger partial charge in [-0.05, 0) is 72.2 Å². The molecule has 1 saturated heterocycles. The Labute approximate surface area is 206 Å². The number of nitrogens with zero attached hydrogens (tertiary/aromatic N) is 5. The first-order valence-corrected chi connectivity index (χ1v) is 11.4. The number of hydrogen-bond acceptors (Lipinski definition) is 7. The number of amides is 1. The van der Waals surface area contributed by atoms with E-state index in [1.54, 1.807) is 41.4 Å². The van der Waals surface area contributed by atoms with Crippen LogP contribution in [0.25, 0.3) is 16.7 Å². The summed E-state index contributed by atoms with van der Waals surface area (Å²) in [6.45, 7) is 1.29. The van der Waals surface area contributed by atoms with Crippen LogP contribution in [0, 0.1) is 11.7 Å². The fourth-order valence-electron chi connectivity index (χ4n) is 4.87. The fraction of sp³-hybridized carbons (Fsp3) is 0.333. The van der Waals surface area contributed by atoms with E-state index in [0.29, 0.717) is 35.0 Å². The molecule has 1 saturated carbocycles. The standard InChI is InChI=1S/C24H23FN6O3.ClH/c25-18-3-1-2-4-21(18)31-12-9-22(27-31)26-14-16-7-10-24(11-8-16)15-30(23(32)33-24)17-5-6-19-20(13-17)29-34-28-19;/h1-6,9,12-13,16H,7-8,10-11,14-15H2,(H,26,27);1H/t16-,24-;. The molecule has 9 nitrogen and oxygen atoms in total. The number of carbonyl (C=O) groups excluding carboxylic acids is 1. The van der Waals surface area contributed by atoms with Crippen molar-refractivity contribution in [2.24, 2.45) is 5.92 Å². The minimum absolute atomic E-state index is 0. The number of halogens is 2. The molecule has 4 aromatic rings. The van der Waals surface area contributed by atoms with Crippen molar-refractivity contribution in [3.8, 4) is 5.69 Å². The number of hydrogen-bond donors (Lipinski definition) is 1. The van der Waals surface area contributed by atoms with Crippen molar-refractivity contribution < 1.29 is 18.6 Å². The Bertz CT molecular complexity index is 1350. The molecular weight excluding hydrogens is 475 g/mol. The molecule has 6 rings (SSSR count). The minimum Gasteiger partial charge on any atom is -0.441 e. The lowest BCUT2D eigenvalue weighted by atomic mass is 9.78. The summed E-state index contributed by atoms with van der Waals surface area (Å²) in [5.41, 5.74) is 1.95. The van der Waals surface area contributed by atoms with E-state index in [-0.39, 0.29) is 24.3 Å². The lowest BCUT2D eigenvalue weighted by Gasteiger charge is -2.35. The number of fused-ring (bicyclic) bond motifs is 1. The quantitative estimate of drug-likeness (QED) is 0.415. The van der Waals surface area contributed by atoms with Crippen LogP contribution in [-0.4, -0.2) is 44.9 Å². The van der Waals surface area contributed by atoms with E-state index in [0.717, 1.165) is 37.9 Å². The lowest BCUT2D eigenvalue weighted by Crippen LogP contribution is -2.39. The van der Waals surface area contributed by atoms with Gasteiger partial charge in [0.15, 0.2) is 0 Å². The summed E-state index contributed by atoms with van der Waals surface area (Å²) in [7, 11) is 0. The average Bonchev–Trinajstić information content (AvgIpc) is 3.58. The van der Waals surface area contributed by atoms with Crippen molar-refractivity contribution in [2.75, 3.05) is 23.3 Å². The van der Waals surface area contributed by atoms with Crippen molar-refractivity contribution in [2.45, 2.75) is 31.3 Å². The monoisotopic (exact) mass is 498 g/mol. The number of benzene rings is 2. The second-order valence-corrected chi connectivity index (χ2v) is 9.00. The Morgan fingerprint density at radius 3 is 2.71 bits per heavy atom. The summed E-state index contributed by atoms with van der Waals surface area (Å²) in [5.74, 6) is 0.835. The maximum atomic E-state index is 14.0. The van der Waals surface area contributed by atoms with Crippen molar-refractivity contribution in [1.29, 1.82) is 0 Å². The average molecular weight is 499 g/mol. The van der Waals surface area contributed by atoms with Gasteiger partial charge in [-0.2, -0.15) is 5.10 Å². The summed E-state index contributed by atoms with van der Waals surface area (Å²) in [6.07, 6.45) is 4.90. The van der Waals surface area contributed by atoms with E-state index in [2.05, 4.69) is 20.7 Å². The molecule has 2 aromatic heterocycles. The van der Waals surface area contributed by atoms with E-state index in [1.165, 1.54) is 10.7 Å². The van der Waals surface area contributed by atoms with Gasteiger partial charge >= 0.3 is 6.09 Å². The molecule has 0 bridgehead atoms. The molecule has 1 spiro atoms. The third-order valence-electron chi connectivity index (χ3n) is 6.80. The van der Waals surface area contributed by atoms with Gasteiger partial charge in [-0.25, -0.2) is 18.5 Å². The molecule has 2 aliphatic rings. The van der Waals surface area contributed by atoms with Gasteiger partial charge in [0, 0.05) is 24.5 Å². The molecule has 0 radical (unpaired) electrons. The van der Waals surface area contributed by atoms with E-state index in [4.69, 9.17) is 9.37 Å². The minimum atomic E-state index is -0.461. The van der Waals surface area contributed by atoms with Crippen LogP contribution < -0.4 is 10.2 Å². The van der Waals surface area contributed by atoms with Crippen molar-refractivity contribution in [3.05, 3.63) is 60.5 Å². The summed E-state index contributed by atoms with van der Waals surface area (Å²) >= 11 is 0. The lowest BCUT2D eigenvalue weighted by molar-refractivity contribution is 0.0148. The highest BCUT2D eigenvalue weighted by atomic mass is 35.5. The highest BCUT2D eigenvalue weighted by Gasteiger charge is 2.47. The molecule has 2 fully saturated rings.